The van der Waals surface area contributed by atoms with Crippen LogP contribution in [-0.2, 0) is 0 Å². The number of likely N-dealkylation sites (tertiary alicyclic amines) is 1. The molecule has 0 aliphatic carbocycles. The zero-order chi connectivity index (χ0) is 19.2. The van der Waals surface area contributed by atoms with E-state index in [4.69, 9.17) is 9.15 Å². The number of furan rings is 1. The van der Waals surface area contributed by atoms with Crippen LogP contribution in [0.1, 0.15) is 42.5 Å². The molecular formula is C22H30N4O2. The number of hydrogen-bond acceptors (Lipinski definition) is 4. The van der Waals surface area contributed by atoms with Crippen molar-refractivity contribution in [2.75, 3.05) is 39.8 Å². The summed E-state index contributed by atoms with van der Waals surface area (Å²) in [6.07, 6.45) is 5.29. The van der Waals surface area contributed by atoms with Crippen molar-refractivity contribution in [1.82, 2.24) is 15.5 Å². The third-order valence-corrected chi connectivity index (χ3v) is 5.74. The van der Waals surface area contributed by atoms with Crippen molar-refractivity contribution >= 4 is 5.96 Å². The number of fused-ring (bicyclic) bond motifs is 1. The van der Waals surface area contributed by atoms with E-state index < -0.39 is 0 Å². The third-order valence-electron chi connectivity index (χ3n) is 5.74. The average Bonchev–Trinajstić information content (AvgIpc) is 3.45. The predicted molar refractivity (Wildman–Crippen MR) is 111 cm³/mol. The Labute approximate surface area is 167 Å². The van der Waals surface area contributed by atoms with Crippen LogP contribution in [0, 0.1) is 0 Å². The van der Waals surface area contributed by atoms with E-state index in [2.05, 4.69) is 44.8 Å². The molecule has 1 aromatic carbocycles. The van der Waals surface area contributed by atoms with Crippen molar-refractivity contribution < 1.29 is 9.15 Å². The number of benzene rings is 1. The van der Waals surface area contributed by atoms with Crippen LogP contribution in [0.25, 0.3) is 0 Å². The molecule has 0 amide bonds. The number of para-hydroxylation sites is 1. The Morgan fingerprint density at radius 1 is 1.18 bits per heavy atom. The summed E-state index contributed by atoms with van der Waals surface area (Å²) in [6, 6.07) is 12.6. The van der Waals surface area contributed by atoms with Gasteiger partial charge in [0.2, 0.25) is 0 Å². The van der Waals surface area contributed by atoms with E-state index in [1.54, 1.807) is 6.26 Å². The molecule has 0 saturated carbocycles. The number of hydrogen-bond donors (Lipinski definition) is 2. The fourth-order valence-corrected chi connectivity index (χ4v) is 4.21. The van der Waals surface area contributed by atoms with Gasteiger partial charge >= 0.3 is 0 Å². The van der Waals surface area contributed by atoms with E-state index in [-0.39, 0.29) is 6.04 Å². The SMILES string of the molecule is CN=C(NCC1CCOc2ccccc21)NCC(c1ccco1)N1CCCC1. The largest absolute Gasteiger partial charge is 0.493 e. The van der Waals surface area contributed by atoms with Crippen molar-refractivity contribution in [2.24, 2.45) is 4.99 Å². The lowest BCUT2D eigenvalue weighted by Gasteiger charge is -2.28. The van der Waals surface area contributed by atoms with Gasteiger partial charge in [0.1, 0.15) is 11.5 Å². The summed E-state index contributed by atoms with van der Waals surface area (Å²) >= 11 is 0. The minimum absolute atomic E-state index is 0.236. The fourth-order valence-electron chi connectivity index (χ4n) is 4.21. The van der Waals surface area contributed by atoms with E-state index in [0.29, 0.717) is 5.92 Å². The van der Waals surface area contributed by atoms with Crippen LogP contribution in [0.15, 0.2) is 52.1 Å². The number of aliphatic imine (C=N–C) groups is 1. The molecule has 3 heterocycles. The Hall–Kier alpha value is -2.47. The second-order valence-electron chi connectivity index (χ2n) is 7.48. The van der Waals surface area contributed by atoms with Gasteiger partial charge in [0.15, 0.2) is 5.96 Å². The van der Waals surface area contributed by atoms with Gasteiger partial charge in [-0.3, -0.25) is 9.89 Å². The van der Waals surface area contributed by atoms with E-state index in [0.717, 1.165) is 56.7 Å². The number of ether oxygens (including phenoxy) is 1. The summed E-state index contributed by atoms with van der Waals surface area (Å²) in [6.45, 7) is 4.63. The van der Waals surface area contributed by atoms with Gasteiger partial charge in [-0.05, 0) is 56.1 Å². The summed E-state index contributed by atoms with van der Waals surface area (Å²) in [5.41, 5.74) is 1.28. The predicted octanol–water partition coefficient (Wildman–Crippen LogP) is 3.15. The van der Waals surface area contributed by atoms with Gasteiger partial charge in [0, 0.05) is 26.1 Å². The maximum Gasteiger partial charge on any atom is 0.191 e. The minimum Gasteiger partial charge on any atom is -0.493 e. The first-order chi connectivity index (χ1) is 13.8. The van der Waals surface area contributed by atoms with Gasteiger partial charge in [-0.25, -0.2) is 0 Å². The molecule has 2 atom stereocenters. The van der Waals surface area contributed by atoms with Crippen LogP contribution >= 0.6 is 0 Å². The standard InChI is InChI=1S/C22H30N4O2/c1-23-22(24-15-17-10-14-28-20-8-3-2-7-18(17)20)25-16-19(21-9-6-13-27-21)26-11-4-5-12-26/h2-3,6-9,13,17,19H,4-5,10-12,14-16H2,1H3,(H2,23,24,25). The summed E-state index contributed by atoms with van der Waals surface area (Å²) in [5.74, 6) is 3.29. The molecule has 2 unspecified atom stereocenters. The Morgan fingerprint density at radius 3 is 2.82 bits per heavy atom. The van der Waals surface area contributed by atoms with Crippen molar-refractivity contribution in [3.8, 4) is 5.75 Å². The molecule has 6 nitrogen and oxygen atoms in total. The van der Waals surface area contributed by atoms with E-state index in [1.807, 2.05) is 19.2 Å². The quantitative estimate of drug-likeness (QED) is 0.594. The van der Waals surface area contributed by atoms with Crippen LogP contribution in [-0.4, -0.2) is 50.7 Å². The lowest BCUT2D eigenvalue weighted by molar-refractivity contribution is 0.215. The van der Waals surface area contributed by atoms with Crippen molar-refractivity contribution in [3.05, 3.63) is 54.0 Å². The van der Waals surface area contributed by atoms with Crippen LogP contribution in [0.2, 0.25) is 0 Å². The van der Waals surface area contributed by atoms with Gasteiger partial charge < -0.3 is 19.8 Å². The van der Waals surface area contributed by atoms with Crippen LogP contribution in [0.5, 0.6) is 5.75 Å². The van der Waals surface area contributed by atoms with Crippen molar-refractivity contribution in [3.63, 3.8) is 0 Å². The molecule has 1 fully saturated rings. The summed E-state index contributed by atoms with van der Waals surface area (Å²) in [7, 11) is 1.82. The Morgan fingerprint density at radius 2 is 2.04 bits per heavy atom. The highest BCUT2D eigenvalue weighted by Crippen LogP contribution is 2.32. The third kappa shape index (κ3) is 4.33. The maximum atomic E-state index is 5.77. The lowest BCUT2D eigenvalue weighted by atomic mass is 9.93. The van der Waals surface area contributed by atoms with E-state index >= 15 is 0 Å². The summed E-state index contributed by atoms with van der Waals surface area (Å²) < 4.78 is 11.5. The van der Waals surface area contributed by atoms with Crippen LogP contribution in [0.3, 0.4) is 0 Å². The van der Waals surface area contributed by atoms with Gasteiger partial charge in [0.25, 0.3) is 0 Å². The fraction of sp³-hybridized carbons (Fsp3) is 0.500. The van der Waals surface area contributed by atoms with Crippen molar-refractivity contribution in [2.45, 2.75) is 31.2 Å². The summed E-state index contributed by atoms with van der Waals surface area (Å²) in [5, 5.41) is 7.01. The smallest absolute Gasteiger partial charge is 0.191 e. The van der Waals surface area contributed by atoms with E-state index in [9.17, 15) is 0 Å². The molecule has 2 aliphatic rings. The molecule has 2 aromatic rings. The second-order valence-corrected chi connectivity index (χ2v) is 7.48. The summed E-state index contributed by atoms with van der Waals surface area (Å²) in [4.78, 5) is 6.92. The first kappa shape index (κ1) is 18.9. The molecule has 150 valence electrons. The monoisotopic (exact) mass is 382 g/mol. The molecule has 1 saturated heterocycles. The zero-order valence-electron chi connectivity index (χ0n) is 16.6. The first-order valence-electron chi connectivity index (χ1n) is 10.3. The molecule has 2 N–H and O–H groups in total. The average molecular weight is 383 g/mol. The zero-order valence-corrected chi connectivity index (χ0v) is 16.6. The highest BCUT2D eigenvalue weighted by Gasteiger charge is 2.26. The highest BCUT2D eigenvalue weighted by atomic mass is 16.5. The number of rotatable bonds is 6. The van der Waals surface area contributed by atoms with Gasteiger partial charge in [-0.2, -0.15) is 0 Å². The Bertz CT molecular complexity index is 769. The second kappa shape index (κ2) is 9.15. The molecule has 28 heavy (non-hydrogen) atoms. The molecule has 0 bridgehead atoms. The normalized spacial score (nSPS) is 21.0. The van der Waals surface area contributed by atoms with Crippen molar-refractivity contribution in [1.29, 1.82) is 0 Å². The highest BCUT2D eigenvalue weighted by molar-refractivity contribution is 5.79. The van der Waals surface area contributed by atoms with Gasteiger partial charge in [-0.15, -0.1) is 0 Å². The minimum atomic E-state index is 0.236. The van der Waals surface area contributed by atoms with E-state index in [1.165, 1.54) is 18.4 Å². The number of nitrogens with one attached hydrogen (secondary N) is 2. The number of nitrogens with zero attached hydrogens (tertiary/aromatic N) is 2. The number of guanidine groups is 1. The molecular weight excluding hydrogens is 352 g/mol. The molecule has 0 spiro atoms. The molecule has 0 radical (unpaired) electrons. The van der Waals surface area contributed by atoms with Gasteiger partial charge in [0.05, 0.1) is 18.9 Å². The maximum absolute atomic E-state index is 5.77. The Balaban J connectivity index is 1.35. The van der Waals surface area contributed by atoms with Gasteiger partial charge in [-0.1, -0.05) is 18.2 Å². The molecule has 1 aromatic heterocycles. The Kier molecular flexibility index (Phi) is 6.17. The molecule has 2 aliphatic heterocycles. The van der Waals surface area contributed by atoms with Crippen LogP contribution in [0.4, 0.5) is 0 Å². The molecule has 6 heteroatoms. The van der Waals surface area contributed by atoms with Crippen LogP contribution < -0.4 is 15.4 Å². The molecule has 4 rings (SSSR count). The first-order valence-corrected chi connectivity index (χ1v) is 10.3. The lowest BCUT2D eigenvalue weighted by Crippen LogP contribution is -2.44. The topological polar surface area (TPSA) is 62.0 Å².